The molecule has 1 aliphatic rings. The van der Waals surface area contributed by atoms with E-state index in [1.807, 2.05) is 19.9 Å². The number of nitrogens with one attached hydrogen (secondary N) is 1. The van der Waals surface area contributed by atoms with E-state index in [9.17, 15) is 14.7 Å². The number of ether oxygens (including phenoxy) is 1. The van der Waals surface area contributed by atoms with Gasteiger partial charge in [0.15, 0.2) is 0 Å². The van der Waals surface area contributed by atoms with Gasteiger partial charge < -0.3 is 15.2 Å². The Bertz CT molecular complexity index is 770. The minimum atomic E-state index is -1.09. The predicted molar refractivity (Wildman–Crippen MR) is 90.1 cm³/mol. The number of rotatable bonds is 5. The molecule has 2 atom stereocenters. The minimum Gasteiger partial charge on any atom is -0.478 e. The fraction of sp³-hybridized carbons (Fsp3) is 0.263. The number of carboxylic acids is 1. The van der Waals surface area contributed by atoms with Crippen LogP contribution in [0.5, 0.6) is 5.75 Å². The molecule has 2 aromatic carbocycles. The van der Waals surface area contributed by atoms with Crippen molar-refractivity contribution in [3.63, 3.8) is 0 Å². The van der Waals surface area contributed by atoms with E-state index in [2.05, 4.69) is 5.32 Å². The van der Waals surface area contributed by atoms with Crippen LogP contribution in [0.2, 0.25) is 0 Å². The highest BCUT2D eigenvalue weighted by Gasteiger charge is 2.33. The molecule has 1 amide bonds. The average molecular weight is 325 g/mol. The first kappa shape index (κ1) is 16.1. The molecule has 1 heterocycles. The summed E-state index contributed by atoms with van der Waals surface area (Å²) < 4.78 is 5.71. The summed E-state index contributed by atoms with van der Waals surface area (Å²) in [5, 5.41) is 12.3. The summed E-state index contributed by atoms with van der Waals surface area (Å²) in [6.07, 6.45) is -1.09. The molecule has 0 spiro atoms. The molecule has 5 nitrogen and oxygen atoms in total. The van der Waals surface area contributed by atoms with Gasteiger partial charge in [0.2, 0.25) is 12.0 Å². The number of aliphatic carboxylic acids is 1. The van der Waals surface area contributed by atoms with Crippen molar-refractivity contribution in [2.75, 3.05) is 5.32 Å². The lowest BCUT2D eigenvalue weighted by Gasteiger charge is -2.17. The fourth-order valence-electron chi connectivity index (χ4n) is 3.02. The van der Waals surface area contributed by atoms with E-state index in [0.29, 0.717) is 11.3 Å². The molecule has 0 aromatic heterocycles. The molecule has 0 aliphatic carbocycles. The molecule has 1 aliphatic heterocycles. The van der Waals surface area contributed by atoms with E-state index >= 15 is 0 Å². The molecule has 0 saturated heterocycles. The highest BCUT2D eigenvalue weighted by molar-refractivity contribution is 6.03. The molecule has 0 bridgehead atoms. The number of hydrogen-bond donors (Lipinski definition) is 2. The lowest BCUT2D eigenvalue weighted by Crippen LogP contribution is -2.18. The molecule has 124 valence electrons. The summed E-state index contributed by atoms with van der Waals surface area (Å²) in [6.45, 7) is 3.97. The smallest absolute Gasteiger partial charge is 0.349 e. The first-order valence-corrected chi connectivity index (χ1v) is 7.86. The van der Waals surface area contributed by atoms with Crippen molar-refractivity contribution in [2.24, 2.45) is 5.92 Å². The van der Waals surface area contributed by atoms with Crippen LogP contribution in [0.25, 0.3) is 0 Å². The molecule has 5 heteroatoms. The van der Waals surface area contributed by atoms with Crippen molar-refractivity contribution < 1.29 is 19.4 Å². The second-order valence-electron chi connectivity index (χ2n) is 6.21. The number of amides is 1. The number of hydrogen-bond acceptors (Lipinski definition) is 3. The molecule has 24 heavy (non-hydrogen) atoms. The fourth-order valence-corrected chi connectivity index (χ4v) is 3.02. The Morgan fingerprint density at radius 3 is 2.50 bits per heavy atom. The van der Waals surface area contributed by atoms with Gasteiger partial charge in [0.25, 0.3) is 0 Å². The molecule has 0 saturated carbocycles. The zero-order chi connectivity index (χ0) is 17.3. The van der Waals surface area contributed by atoms with Gasteiger partial charge in [-0.25, -0.2) is 4.79 Å². The Hall–Kier alpha value is -2.82. The predicted octanol–water partition coefficient (Wildman–Crippen LogP) is 3.58. The highest BCUT2D eigenvalue weighted by atomic mass is 16.5. The van der Waals surface area contributed by atoms with Crippen LogP contribution >= 0.6 is 0 Å². The van der Waals surface area contributed by atoms with E-state index in [-0.39, 0.29) is 17.7 Å². The van der Waals surface area contributed by atoms with E-state index < -0.39 is 12.1 Å². The van der Waals surface area contributed by atoms with Gasteiger partial charge in [0.1, 0.15) is 5.75 Å². The van der Waals surface area contributed by atoms with Gasteiger partial charge in [0, 0.05) is 11.3 Å². The first-order chi connectivity index (χ1) is 11.5. The van der Waals surface area contributed by atoms with Crippen molar-refractivity contribution in [2.45, 2.75) is 25.9 Å². The van der Waals surface area contributed by atoms with Crippen LogP contribution in [0.15, 0.2) is 48.5 Å². The number of anilines is 1. The first-order valence-electron chi connectivity index (χ1n) is 7.86. The number of carboxylic acid groups (broad SMARTS) is 1. The molecule has 3 rings (SSSR count). The highest BCUT2D eigenvalue weighted by Crippen LogP contribution is 2.39. The van der Waals surface area contributed by atoms with E-state index in [0.717, 1.165) is 11.3 Å². The zero-order valence-electron chi connectivity index (χ0n) is 13.5. The molecule has 2 N–H and O–H groups in total. The van der Waals surface area contributed by atoms with E-state index in [4.69, 9.17) is 4.74 Å². The summed E-state index contributed by atoms with van der Waals surface area (Å²) in [5.74, 6) is -0.757. The average Bonchev–Trinajstić information content (AvgIpc) is 2.88. The molecule has 2 unspecified atom stereocenters. The van der Waals surface area contributed by atoms with Crippen LogP contribution in [0.1, 0.15) is 37.0 Å². The Morgan fingerprint density at radius 2 is 1.88 bits per heavy atom. The van der Waals surface area contributed by atoms with Gasteiger partial charge in [0.05, 0.1) is 5.92 Å². The van der Waals surface area contributed by atoms with Crippen molar-refractivity contribution in [3.8, 4) is 5.75 Å². The maximum absolute atomic E-state index is 12.1. The quantitative estimate of drug-likeness (QED) is 0.881. The maximum Gasteiger partial charge on any atom is 0.349 e. The SMILES string of the molecule is CC(C)C1C(=O)Nc2ccc(OC(C(=O)O)c3ccccc3)cc21. The summed E-state index contributed by atoms with van der Waals surface area (Å²) in [5.41, 5.74) is 2.18. The number of carbonyl (C=O) groups excluding carboxylic acids is 1. The Morgan fingerprint density at radius 1 is 1.17 bits per heavy atom. The van der Waals surface area contributed by atoms with Crippen molar-refractivity contribution in [1.82, 2.24) is 0 Å². The van der Waals surface area contributed by atoms with Crippen LogP contribution < -0.4 is 10.1 Å². The van der Waals surface area contributed by atoms with Crippen molar-refractivity contribution in [1.29, 1.82) is 0 Å². The third kappa shape index (κ3) is 2.97. The lowest BCUT2D eigenvalue weighted by atomic mass is 9.90. The zero-order valence-corrected chi connectivity index (χ0v) is 13.5. The van der Waals surface area contributed by atoms with Crippen molar-refractivity contribution in [3.05, 3.63) is 59.7 Å². The number of fused-ring (bicyclic) bond motifs is 1. The van der Waals surface area contributed by atoms with Gasteiger partial charge in [-0.1, -0.05) is 44.2 Å². The molecular formula is C19H19NO4. The summed E-state index contributed by atoms with van der Waals surface area (Å²) >= 11 is 0. The molecular weight excluding hydrogens is 306 g/mol. The van der Waals surface area contributed by atoms with Gasteiger partial charge in [-0.05, 0) is 29.7 Å². The van der Waals surface area contributed by atoms with E-state index in [1.54, 1.807) is 42.5 Å². The largest absolute Gasteiger partial charge is 0.478 e. The van der Waals surface area contributed by atoms with Crippen LogP contribution in [0.4, 0.5) is 5.69 Å². The van der Waals surface area contributed by atoms with Gasteiger partial charge >= 0.3 is 5.97 Å². The molecule has 0 fully saturated rings. The third-order valence-corrected chi connectivity index (χ3v) is 4.15. The van der Waals surface area contributed by atoms with Crippen LogP contribution in [0.3, 0.4) is 0 Å². The van der Waals surface area contributed by atoms with Crippen LogP contribution in [0, 0.1) is 5.92 Å². The van der Waals surface area contributed by atoms with Crippen molar-refractivity contribution >= 4 is 17.6 Å². The number of carbonyl (C=O) groups is 2. The standard InChI is InChI=1S/C19H19NO4/c1-11(2)16-14-10-13(8-9-15(14)20-18(16)21)24-17(19(22)23)12-6-4-3-5-7-12/h3-11,16-17H,1-2H3,(H,20,21)(H,22,23). The third-order valence-electron chi connectivity index (χ3n) is 4.15. The lowest BCUT2D eigenvalue weighted by molar-refractivity contribution is -0.145. The topological polar surface area (TPSA) is 75.6 Å². The summed E-state index contributed by atoms with van der Waals surface area (Å²) in [6, 6.07) is 14.0. The van der Waals surface area contributed by atoms with Crippen LogP contribution in [-0.2, 0) is 9.59 Å². The molecule has 0 radical (unpaired) electrons. The maximum atomic E-state index is 12.1. The summed E-state index contributed by atoms with van der Waals surface area (Å²) in [4.78, 5) is 23.7. The van der Waals surface area contributed by atoms with E-state index in [1.165, 1.54) is 0 Å². The van der Waals surface area contributed by atoms with Crippen LogP contribution in [-0.4, -0.2) is 17.0 Å². The van der Waals surface area contributed by atoms with Gasteiger partial charge in [-0.15, -0.1) is 0 Å². The van der Waals surface area contributed by atoms with Gasteiger partial charge in [-0.3, -0.25) is 4.79 Å². The minimum absolute atomic E-state index is 0.0324. The Kier molecular flexibility index (Phi) is 4.25. The second-order valence-corrected chi connectivity index (χ2v) is 6.21. The van der Waals surface area contributed by atoms with Gasteiger partial charge in [-0.2, -0.15) is 0 Å². The summed E-state index contributed by atoms with van der Waals surface area (Å²) in [7, 11) is 0. The molecule has 2 aromatic rings. The normalized spacial score (nSPS) is 17.3. The Labute approximate surface area is 140 Å². The Balaban J connectivity index is 1.91. The monoisotopic (exact) mass is 325 g/mol. The second kappa shape index (κ2) is 6.35. The number of benzene rings is 2.